The fourth-order valence-corrected chi connectivity index (χ4v) is 3.66. The second-order valence-corrected chi connectivity index (χ2v) is 7.45. The number of anilines is 1. The molecule has 0 aliphatic carbocycles. The molecule has 0 bridgehead atoms. The molecule has 32 heavy (non-hydrogen) atoms. The normalized spacial score (nSPS) is 11.5. The van der Waals surface area contributed by atoms with Crippen LogP contribution in [0.4, 0.5) is 5.69 Å². The Balaban J connectivity index is 1.57. The van der Waals surface area contributed by atoms with Crippen LogP contribution in [-0.4, -0.2) is 18.9 Å². The molecule has 1 atom stereocenters. The van der Waals surface area contributed by atoms with Gasteiger partial charge < -0.3 is 15.4 Å². The molecule has 0 aliphatic rings. The van der Waals surface area contributed by atoms with Crippen LogP contribution >= 0.6 is 0 Å². The largest absolute Gasteiger partial charge is 0.497 e. The summed E-state index contributed by atoms with van der Waals surface area (Å²) in [6.45, 7) is 0. The molecule has 0 unspecified atom stereocenters. The SMILES string of the molecule is COc1cccc([C@H](CC(=O)Nc2cccc3ccccc23)NC(=O)c2ccccc2)c1. The molecule has 4 rings (SSSR count). The Labute approximate surface area is 187 Å². The van der Waals surface area contributed by atoms with Crippen molar-refractivity contribution in [1.29, 1.82) is 0 Å². The van der Waals surface area contributed by atoms with Gasteiger partial charge >= 0.3 is 0 Å². The third-order valence-corrected chi connectivity index (χ3v) is 5.29. The molecule has 0 saturated heterocycles. The fourth-order valence-electron chi connectivity index (χ4n) is 3.66. The minimum Gasteiger partial charge on any atom is -0.497 e. The summed E-state index contributed by atoms with van der Waals surface area (Å²) >= 11 is 0. The number of methoxy groups -OCH3 is 1. The lowest BCUT2D eigenvalue weighted by atomic mass is 10.0. The molecule has 5 heteroatoms. The van der Waals surface area contributed by atoms with E-state index in [2.05, 4.69) is 10.6 Å². The average molecular weight is 425 g/mol. The summed E-state index contributed by atoms with van der Waals surface area (Å²) in [5.41, 5.74) is 2.07. The molecule has 4 aromatic rings. The summed E-state index contributed by atoms with van der Waals surface area (Å²) in [6.07, 6.45) is 0.0783. The van der Waals surface area contributed by atoms with Crippen molar-refractivity contribution < 1.29 is 14.3 Å². The Morgan fingerprint density at radius 3 is 2.38 bits per heavy atom. The van der Waals surface area contributed by atoms with E-state index in [0.717, 1.165) is 22.0 Å². The molecular formula is C27H24N2O3. The Hall–Kier alpha value is -4.12. The standard InChI is InChI=1S/C27H24N2O3/c1-32-22-14-7-13-21(17-22)25(29-27(31)20-10-3-2-4-11-20)18-26(30)28-24-16-8-12-19-9-5-6-15-23(19)24/h2-17,25H,18H2,1H3,(H,28,30)(H,29,31)/t25-/m0/s1. The summed E-state index contributed by atoms with van der Waals surface area (Å²) in [5.74, 6) is 0.231. The number of ether oxygens (including phenoxy) is 1. The van der Waals surface area contributed by atoms with Crippen molar-refractivity contribution in [2.24, 2.45) is 0 Å². The van der Waals surface area contributed by atoms with Gasteiger partial charge in [-0.15, -0.1) is 0 Å². The molecule has 0 spiro atoms. The van der Waals surface area contributed by atoms with Crippen molar-refractivity contribution in [2.75, 3.05) is 12.4 Å². The number of amides is 2. The Morgan fingerprint density at radius 2 is 1.56 bits per heavy atom. The second kappa shape index (κ2) is 9.79. The first-order valence-corrected chi connectivity index (χ1v) is 10.4. The first-order valence-electron chi connectivity index (χ1n) is 10.4. The molecule has 0 saturated carbocycles. The van der Waals surface area contributed by atoms with Gasteiger partial charge in [0.2, 0.25) is 5.91 Å². The molecule has 160 valence electrons. The second-order valence-electron chi connectivity index (χ2n) is 7.45. The summed E-state index contributed by atoms with van der Waals surface area (Å²) < 4.78 is 5.33. The number of hydrogen-bond donors (Lipinski definition) is 2. The van der Waals surface area contributed by atoms with E-state index in [9.17, 15) is 9.59 Å². The van der Waals surface area contributed by atoms with Gasteiger partial charge in [0.1, 0.15) is 5.75 Å². The molecule has 2 amide bonds. The quantitative estimate of drug-likeness (QED) is 0.420. The fraction of sp³-hybridized carbons (Fsp3) is 0.111. The van der Waals surface area contributed by atoms with Crippen LogP contribution in [-0.2, 0) is 4.79 Å². The predicted octanol–water partition coefficient (Wildman–Crippen LogP) is 5.35. The molecule has 4 aromatic carbocycles. The number of benzene rings is 4. The number of carbonyl (C=O) groups excluding carboxylic acids is 2. The lowest BCUT2D eigenvalue weighted by Crippen LogP contribution is -2.31. The highest BCUT2D eigenvalue weighted by molar-refractivity contribution is 6.02. The number of rotatable bonds is 7. The maximum absolute atomic E-state index is 13.0. The van der Waals surface area contributed by atoms with Crippen LogP contribution < -0.4 is 15.4 Å². The summed E-state index contributed by atoms with van der Waals surface area (Å²) in [5, 5.41) is 8.02. The van der Waals surface area contributed by atoms with Gasteiger partial charge in [-0.1, -0.05) is 66.7 Å². The Morgan fingerprint density at radius 1 is 0.844 bits per heavy atom. The van der Waals surface area contributed by atoms with E-state index in [1.807, 2.05) is 84.9 Å². The zero-order valence-corrected chi connectivity index (χ0v) is 17.7. The van der Waals surface area contributed by atoms with Crippen molar-refractivity contribution in [1.82, 2.24) is 5.32 Å². The highest BCUT2D eigenvalue weighted by atomic mass is 16.5. The van der Waals surface area contributed by atoms with Gasteiger partial charge in [0.05, 0.1) is 19.6 Å². The van der Waals surface area contributed by atoms with Gasteiger partial charge in [0.25, 0.3) is 5.91 Å². The minimum atomic E-state index is -0.521. The molecule has 5 nitrogen and oxygen atoms in total. The molecule has 0 radical (unpaired) electrons. The van der Waals surface area contributed by atoms with Gasteiger partial charge in [-0.3, -0.25) is 9.59 Å². The first-order chi connectivity index (χ1) is 15.6. The van der Waals surface area contributed by atoms with Crippen LogP contribution in [0.2, 0.25) is 0 Å². The van der Waals surface area contributed by atoms with Gasteiger partial charge in [0.15, 0.2) is 0 Å². The van der Waals surface area contributed by atoms with Crippen molar-refractivity contribution in [3.8, 4) is 5.75 Å². The van der Waals surface area contributed by atoms with Crippen LogP contribution in [0.5, 0.6) is 5.75 Å². The van der Waals surface area contributed by atoms with E-state index < -0.39 is 6.04 Å². The topological polar surface area (TPSA) is 67.4 Å². The number of fused-ring (bicyclic) bond motifs is 1. The molecule has 0 heterocycles. The van der Waals surface area contributed by atoms with Crippen molar-refractivity contribution in [3.05, 3.63) is 108 Å². The summed E-state index contributed by atoms with van der Waals surface area (Å²) in [7, 11) is 1.59. The lowest BCUT2D eigenvalue weighted by Gasteiger charge is -2.20. The van der Waals surface area contributed by atoms with E-state index in [0.29, 0.717) is 11.3 Å². The highest BCUT2D eigenvalue weighted by Gasteiger charge is 2.20. The van der Waals surface area contributed by atoms with Crippen LogP contribution in [0.15, 0.2) is 97.1 Å². The average Bonchev–Trinajstić information content (AvgIpc) is 2.84. The molecule has 0 aromatic heterocycles. The van der Waals surface area contributed by atoms with Gasteiger partial charge in [-0.05, 0) is 41.3 Å². The Kier molecular flexibility index (Phi) is 6.46. The van der Waals surface area contributed by atoms with E-state index in [1.54, 1.807) is 19.2 Å². The molecule has 2 N–H and O–H groups in total. The van der Waals surface area contributed by atoms with Gasteiger partial charge in [0, 0.05) is 16.6 Å². The lowest BCUT2D eigenvalue weighted by molar-refractivity contribution is -0.116. The predicted molar refractivity (Wildman–Crippen MR) is 127 cm³/mol. The Bertz CT molecular complexity index is 1230. The van der Waals surface area contributed by atoms with Crippen molar-refractivity contribution in [3.63, 3.8) is 0 Å². The molecule has 0 fully saturated rings. The zero-order chi connectivity index (χ0) is 22.3. The number of hydrogen-bond acceptors (Lipinski definition) is 3. The highest BCUT2D eigenvalue weighted by Crippen LogP contribution is 2.26. The van der Waals surface area contributed by atoms with E-state index in [4.69, 9.17) is 4.74 Å². The van der Waals surface area contributed by atoms with Crippen molar-refractivity contribution in [2.45, 2.75) is 12.5 Å². The number of carbonyl (C=O) groups is 2. The van der Waals surface area contributed by atoms with E-state index in [1.165, 1.54) is 0 Å². The third kappa shape index (κ3) is 4.95. The van der Waals surface area contributed by atoms with Crippen molar-refractivity contribution >= 4 is 28.3 Å². The maximum Gasteiger partial charge on any atom is 0.251 e. The monoisotopic (exact) mass is 424 g/mol. The van der Waals surface area contributed by atoms with Gasteiger partial charge in [-0.2, -0.15) is 0 Å². The van der Waals surface area contributed by atoms with E-state index >= 15 is 0 Å². The molecule has 0 aliphatic heterocycles. The van der Waals surface area contributed by atoms with Crippen LogP contribution in [0.3, 0.4) is 0 Å². The summed E-state index contributed by atoms with van der Waals surface area (Å²) in [4.78, 5) is 25.8. The first kappa shape index (κ1) is 21.1. The maximum atomic E-state index is 13.0. The van der Waals surface area contributed by atoms with Crippen LogP contribution in [0.25, 0.3) is 10.8 Å². The third-order valence-electron chi connectivity index (χ3n) is 5.29. The van der Waals surface area contributed by atoms with Crippen LogP contribution in [0, 0.1) is 0 Å². The molecular weight excluding hydrogens is 400 g/mol. The number of nitrogens with one attached hydrogen (secondary N) is 2. The minimum absolute atomic E-state index is 0.0783. The van der Waals surface area contributed by atoms with Crippen LogP contribution in [0.1, 0.15) is 28.4 Å². The summed E-state index contributed by atoms with van der Waals surface area (Å²) in [6, 6.07) is 29.5. The van der Waals surface area contributed by atoms with Gasteiger partial charge in [-0.25, -0.2) is 0 Å². The van der Waals surface area contributed by atoms with E-state index in [-0.39, 0.29) is 18.2 Å². The zero-order valence-electron chi connectivity index (χ0n) is 17.7. The smallest absolute Gasteiger partial charge is 0.251 e.